The Morgan fingerprint density at radius 3 is 2.81 bits per heavy atom. The van der Waals surface area contributed by atoms with E-state index in [0.29, 0.717) is 24.7 Å². The number of carbonyl (C=O) groups is 1. The summed E-state index contributed by atoms with van der Waals surface area (Å²) in [5, 5.41) is 3.23. The zero-order valence-electron chi connectivity index (χ0n) is 13.9. The minimum absolute atomic E-state index is 0.0938. The third kappa shape index (κ3) is 3.41. The predicted octanol–water partition coefficient (Wildman–Crippen LogP) is 1.42. The summed E-state index contributed by atoms with van der Waals surface area (Å²) >= 11 is 0. The van der Waals surface area contributed by atoms with E-state index in [1.807, 2.05) is 14.0 Å². The van der Waals surface area contributed by atoms with E-state index < -0.39 is 5.54 Å². The van der Waals surface area contributed by atoms with Crippen LogP contribution in [0.3, 0.4) is 0 Å². The fourth-order valence-corrected chi connectivity index (χ4v) is 3.81. The number of piperidine rings is 1. The fraction of sp³-hybridized carbons (Fsp3) is 0.938. The third-order valence-electron chi connectivity index (χ3n) is 5.37. The van der Waals surface area contributed by atoms with Crippen LogP contribution < -0.4 is 5.32 Å². The zero-order chi connectivity index (χ0) is 15.5. The highest BCUT2D eigenvalue weighted by Gasteiger charge is 2.47. The first-order chi connectivity index (χ1) is 10.1. The van der Waals surface area contributed by atoms with E-state index in [1.54, 1.807) is 7.11 Å². The van der Waals surface area contributed by atoms with Crippen LogP contribution in [0.25, 0.3) is 0 Å². The lowest BCUT2D eigenvalue weighted by molar-refractivity contribution is -0.151. The van der Waals surface area contributed by atoms with Gasteiger partial charge in [0.1, 0.15) is 5.54 Å². The Labute approximate surface area is 128 Å². The Morgan fingerprint density at radius 1 is 1.43 bits per heavy atom. The smallest absolute Gasteiger partial charge is 0.326 e. The van der Waals surface area contributed by atoms with Crippen LogP contribution in [0, 0.1) is 5.92 Å². The summed E-state index contributed by atoms with van der Waals surface area (Å²) in [6.07, 6.45) is 4.22. The summed E-state index contributed by atoms with van der Waals surface area (Å²) in [6, 6.07) is 0.451. The summed E-state index contributed by atoms with van der Waals surface area (Å²) in [6.45, 7) is 6.65. The molecule has 21 heavy (non-hydrogen) atoms. The number of rotatable bonds is 5. The number of nitrogens with one attached hydrogen (secondary N) is 1. The number of methoxy groups -OCH3 is 1. The van der Waals surface area contributed by atoms with Crippen LogP contribution in [-0.4, -0.2) is 62.4 Å². The molecule has 1 heterocycles. The van der Waals surface area contributed by atoms with Crippen LogP contribution in [-0.2, 0) is 14.3 Å². The van der Waals surface area contributed by atoms with Crippen molar-refractivity contribution in [2.75, 3.05) is 33.9 Å². The highest BCUT2D eigenvalue weighted by atomic mass is 16.5. The minimum atomic E-state index is -0.494. The van der Waals surface area contributed by atoms with Gasteiger partial charge in [-0.1, -0.05) is 6.92 Å². The Kier molecular flexibility index (Phi) is 5.63. The molecule has 1 N–H and O–H groups in total. The highest BCUT2D eigenvalue weighted by molar-refractivity contribution is 5.81. The van der Waals surface area contributed by atoms with Gasteiger partial charge in [0.25, 0.3) is 0 Å². The Bertz CT molecular complexity index is 363. The van der Waals surface area contributed by atoms with Gasteiger partial charge in [0.2, 0.25) is 0 Å². The fourth-order valence-electron chi connectivity index (χ4n) is 3.81. The van der Waals surface area contributed by atoms with Crippen LogP contribution in [0.1, 0.15) is 39.5 Å². The van der Waals surface area contributed by atoms with Gasteiger partial charge in [-0.3, -0.25) is 9.69 Å². The van der Waals surface area contributed by atoms with Crippen LogP contribution in [0.15, 0.2) is 0 Å². The number of ether oxygens (including phenoxy) is 2. The molecule has 2 rings (SSSR count). The van der Waals surface area contributed by atoms with Crippen molar-refractivity contribution >= 4 is 5.97 Å². The molecule has 0 aromatic carbocycles. The number of hydrogen-bond donors (Lipinski definition) is 1. The molecule has 1 saturated heterocycles. The molecule has 0 amide bonds. The molecule has 0 spiro atoms. The van der Waals surface area contributed by atoms with Crippen molar-refractivity contribution in [2.45, 2.75) is 57.2 Å². The van der Waals surface area contributed by atoms with Crippen molar-refractivity contribution in [1.29, 1.82) is 0 Å². The first-order valence-corrected chi connectivity index (χ1v) is 8.19. The monoisotopic (exact) mass is 298 g/mol. The second-order valence-electron chi connectivity index (χ2n) is 6.48. The van der Waals surface area contributed by atoms with E-state index in [-0.39, 0.29) is 5.97 Å². The average Bonchev–Trinajstić information content (AvgIpc) is 2.94. The molecule has 5 heteroatoms. The van der Waals surface area contributed by atoms with Crippen molar-refractivity contribution in [1.82, 2.24) is 10.2 Å². The number of esters is 1. The molecule has 1 saturated carbocycles. The third-order valence-corrected chi connectivity index (χ3v) is 5.37. The topological polar surface area (TPSA) is 50.8 Å². The SMILES string of the molecule is CCOC(=O)C1(NC)CCC(N2CCC(C)C(OC)C2)C1. The van der Waals surface area contributed by atoms with E-state index in [9.17, 15) is 4.79 Å². The van der Waals surface area contributed by atoms with Crippen molar-refractivity contribution in [3.63, 3.8) is 0 Å². The molecule has 1 aliphatic heterocycles. The van der Waals surface area contributed by atoms with Gasteiger partial charge in [-0.2, -0.15) is 0 Å². The van der Waals surface area contributed by atoms with Crippen LogP contribution in [0.4, 0.5) is 0 Å². The second kappa shape index (κ2) is 7.07. The first-order valence-electron chi connectivity index (χ1n) is 8.19. The number of likely N-dealkylation sites (N-methyl/N-ethyl adjacent to an activating group) is 1. The second-order valence-corrected chi connectivity index (χ2v) is 6.48. The quantitative estimate of drug-likeness (QED) is 0.778. The van der Waals surface area contributed by atoms with Crippen molar-refractivity contribution < 1.29 is 14.3 Å². The molecule has 0 aromatic rings. The predicted molar refractivity (Wildman–Crippen MR) is 82.2 cm³/mol. The highest BCUT2D eigenvalue weighted by Crippen LogP contribution is 2.36. The van der Waals surface area contributed by atoms with Crippen LogP contribution in [0.5, 0.6) is 0 Å². The molecule has 0 bridgehead atoms. The van der Waals surface area contributed by atoms with Crippen LogP contribution >= 0.6 is 0 Å². The van der Waals surface area contributed by atoms with Gasteiger partial charge in [-0.15, -0.1) is 0 Å². The lowest BCUT2D eigenvalue weighted by Gasteiger charge is -2.40. The molecule has 5 nitrogen and oxygen atoms in total. The summed E-state index contributed by atoms with van der Waals surface area (Å²) in [4.78, 5) is 14.8. The van der Waals surface area contributed by atoms with Crippen molar-refractivity contribution in [3.8, 4) is 0 Å². The molecule has 1 aliphatic carbocycles. The molecule has 4 atom stereocenters. The average molecular weight is 298 g/mol. The molecule has 4 unspecified atom stereocenters. The van der Waals surface area contributed by atoms with Crippen molar-refractivity contribution in [3.05, 3.63) is 0 Å². The lowest BCUT2D eigenvalue weighted by Crippen LogP contribution is -2.52. The van der Waals surface area contributed by atoms with Gasteiger partial charge in [0, 0.05) is 19.7 Å². The Morgan fingerprint density at radius 2 is 2.19 bits per heavy atom. The van der Waals surface area contributed by atoms with E-state index >= 15 is 0 Å². The molecule has 122 valence electrons. The van der Waals surface area contributed by atoms with E-state index in [2.05, 4.69) is 17.1 Å². The van der Waals surface area contributed by atoms with Gasteiger partial charge in [-0.25, -0.2) is 0 Å². The van der Waals surface area contributed by atoms with E-state index in [1.165, 1.54) is 6.42 Å². The van der Waals surface area contributed by atoms with Gasteiger partial charge in [-0.05, 0) is 52.1 Å². The normalized spacial score (nSPS) is 37.6. The van der Waals surface area contributed by atoms with Gasteiger partial charge >= 0.3 is 5.97 Å². The Hall–Kier alpha value is -0.650. The largest absolute Gasteiger partial charge is 0.465 e. The molecule has 2 aliphatic rings. The summed E-state index contributed by atoms with van der Waals surface area (Å²) in [5.74, 6) is 0.524. The van der Waals surface area contributed by atoms with Crippen LogP contribution in [0.2, 0.25) is 0 Å². The van der Waals surface area contributed by atoms with Gasteiger partial charge < -0.3 is 14.8 Å². The van der Waals surface area contributed by atoms with E-state index in [4.69, 9.17) is 9.47 Å². The maximum Gasteiger partial charge on any atom is 0.326 e. The molecule has 0 radical (unpaired) electrons. The molecular formula is C16H30N2O3. The summed E-state index contributed by atoms with van der Waals surface area (Å²) in [7, 11) is 3.67. The van der Waals surface area contributed by atoms with Gasteiger partial charge in [0.15, 0.2) is 0 Å². The number of hydrogen-bond acceptors (Lipinski definition) is 5. The maximum atomic E-state index is 12.3. The Balaban J connectivity index is 1.99. The first kappa shape index (κ1) is 16.7. The molecule has 0 aromatic heterocycles. The summed E-state index contributed by atoms with van der Waals surface area (Å²) < 4.78 is 10.9. The van der Waals surface area contributed by atoms with E-state index in [0.717, 1.165) is 32.4 Å². The number of carbonyl (C=O) groups excluding carboxylic acids is 1. The standard InChI is InChI=1S/C16H30N2O3/c1-5-21-15(19)16(17-3)8-6-13(10-16)18-9-7-12(2)14(11-18)20-4/h12-14,17H,5-11H2,1-4H3. The molecule has 2 fully saturated rings. The summed E-state index contributed by atoms with van der Waals surface area (Å²) in [5.41, 5.74) is -0.494. The van der Waals surface area contributed by atoms with Gasteiger partial charge in [0.05, 0.1) is 12.7 Å². The number of likely N-dealkylation sites (tertiary alicyclic amines) is 1. The zero-order valence-corrected chi connectivity index (χ0v) is 13.9. The number of nitrogens with zero attached hydrogens (tertiary/aromatic N) is 1. The minimum Gasteiger partial charge on any atom is -0.465 e. The maximum absolute atomic E-state index is 12.3. The van der Waals surface area contributed by atoms with Crippen molar-refractivity contribution in [2.24, 2.45) is 5.92 Å². The lowest BCUT2D eigenvalue weighted by atomic mass is 9.93. The molecular weight excluding hydrogens is 268 g/mol.